The summed E-state index contributed by atoms with van der Waals surface area (Å²) < 4.78 is 29.7. The van der Waals surface area contributed by atoms with Crippen molar-refractivity contribution in [2.45, 2.75) is 13.0 Å². The van der Waals surface area contributed by atoms with Crippen molar-refractivity contribution in [1.29, 1.82) is 0 Å². The molecular formula is C9H10ClNO. The standard InChI is InChI=1S/C9H10ClNO/c1-6(11)9(12)7-4-2-3-5-8(7)10/h2-6H,11H2,1H3/i2D,3D,4D,5D. The van der Waals surface area contributed by atoms with Crippen LogP contribution in [0, 0.1) is 0 Å². The highest BCUT2D eigenvalue weighted by atomic mass is 35.5. The minimum absolute atomic E-state index is 0.248. The van der Waals surface area contributed by atoms with Crippen LogP contribution in [0.2, 0.25) is 5.02 Å². The first kappa shape index (κ1) is 5.00. The van der Waals surface area contributed by atoms with Gasteiger partial charge in [-0.15, -0.1) is 0 Å². The van der Waals surface area contributed by atoms with Gasteiger partial charge in [0.15, 0.2) is 5.78 Å². The lowest BCUT2D eigenvalue weighted by Gasteiger charge is -2.05. The van der Waals surface area contributed by atoms with Crippen molar-refractivity contribution in [1.82, 2.24) is 0 Å². The molecule has 0 amide bonds. The predicted octanol–water partition coefficient (Wildman–Crippen LogP) is 1.87. The van der Waals surface area contributed by atoms with E-state index in [0.717, 1.165) is 0 Å². The van der Waals surface area contributed by atoms with E-state index in [1.54, 1.807) is 0 Å². The van der Waals surface area contributed by atoms with Crippen molar-refractivity contribution in [3.63, 3.8) is 0 Å². The van der Waals surface area contributed by atoms with Gasteiger partial charge < -0.3 is 5.73 Å². The first-order chi connectivity index (χ1) is 7.29. The molecule has 2 nitrogen and oxygen atoms in total. The van der Waals surface area contributed by atoms with Gasteiger partial charge >= 0.3 is 0 Å². The van der Waals surface area contributed by atoms with Crippen molar-refractivity contribution in [3.05, 3.63) is 34.8 Å². The smallest absolute Gasteiger partial charge is 0.180 e. The fourth-order valence-corrected chi connectivity index (χ4v) is 0.882. The Morgan fingerprint density at radius 2 is 2.25 bits per heavy atom. The van der Waals surface area contributed by atoms with Gasteiger partial charge in [0.2, 0.25) is 0 Å². The van der Waals surface area contributed by atoms with Crippen molar-refractivity contribution in [2.24, 2.45) is 5.73 Å². The molecule has 0 fully saturated rings. The first-order valence-corrected chi connectivity index (χ1v) is 3.72. The van der Waals surface area contributed by atoms with Gasteiger partial charge in [-0.25, -0.2) is 0 Å². The summed E-state index contributed by atoms with van der Waals surface area (Å²) in [6.45, 7) is 1.43. The number of Topliss-reactive ketones (excluding diaryl/α,β-unsaturated/α-hetero) is 1. The number of hydrogen-bond acceptors (Lipinski definition) is 2. The normalized spacial score (nSPS) is 17.2. The summed E-state index contributed by atoms with van der Waals surface area (Å²) in [7, 11) is 0. The van der Waals surface area contributed by atoms with Crippen molar-refractivity contribution >= 4 is 17.4 Å². The molecule has 0 spiro atoms. The number of nitrogens with two attached hydrogens (primary N) is 1. The molecule has 0 aliphatic heterocycles. The minimum atomic E-state index is -0.864. The summed E-state index contributed by atoms with van der Waals surface area (Å²) in [5.41, 5.74) is 5.14. The third-order valence-electron chi connectivity index (χ3n) is 1.30. The van der Waals surface area contributed by atoms with Gasteiger partial charge in [0, 0.05) is 5.56 Å². The summed E-state index contributed by atoms with van der Waals surface area (Å²) in [5, 5.41) is -0.284. The molecule has 2 N–H and O–H groups in total. The predicted molar refractivity (Wildman–Crippen MR) is 49.4 cm³/mol. The second-order valence-corrected chi connectivity index (χ2v) is 2.72. The Labute approximate surface area is 82.0 Å². The highest BCUT2D eigenvalue weighted by molar-refractivity contribution is 6.34. The number of carbonyl (C=O) groups excluding carboxylic acids is 1. The molecule has 1 rings (SSSR count). The van der Waals surface area contributed by atoms with Crippen LogP contribution in [0.15, 0.2) is 24.2 Å². The molecule has 64 valence electrons. The highest BCUT2D eigenvalue weighted by Gasteiger charge is 2.12. The van der Waals surface area contributed by atoms with Crippen molar-refractivity contribution in [3.8, 4) is 0 Å². The Balaban J connectivity index is 3.58. The molecule has 0 saturated heterocycles. The van der Waals surface area contributed by atoms with Crippen LogP contribution in [0.25, 0.3) is 0 Å². The molecule has 1 aromatic rings. The van der Waals surface area contributed by atoms with Crippen LogP contribution in [0.5, 0.6) is 0 Å². The molecule has 0 heterocycles. The molecule has 0 aliphatic carbocycles. The van der Waals surface area contributed by atoms with Crippen molar-refractivity contribution < 1.29 is 10.3 Å². The quantitative estimate of drug-likeness (QED) is 0.719. The minimum Gasteiger partial charge on any atom is -0.321 e. The molecule has 0 bridgehead atoms. The highest BCUT2D eigenvalue weighted by Crippen LogP contribution is 2.15. The largest absolute Gasteiger partial charge is 0.321 e. The Kier molecular flexibility index (Phi) is 1.54. The molecule has 12 heavy (non-hydrogen) atoms. The van der Waals surface area contributed by atoms with Crippen LogP contribution in [0.1, 0.15) is 22.8 Å². The molecule has 1 unspecified atom stereocenters. The van der Waals surface area contributed by atoms with E-state index in [1.807, 2.05) is 0 Å². The maximum atomic E-state index is 11.6. The lowest BCUT2D eigenvalue weighted by Crippen LogP contribution is -2.26. The van der Waals surface area contributed by atoms with E-state index < -0.39 is 36.0 Å². The SMILES string of the molecule is [2H]c1c([2H])c([2H])c(C(=O)C(C)N)c(Cl)c1[2H]. The van der Waals surface area contributed by atoms with Gasteiger partial charge in [-0.2, -0.15) is 0 Å². The summed E-state index contributed by atoms with van der Waals surface area (Å²) in [5.74, 6) is -0.600. The number of benzene rings is 1. The summed E-state index contributed by atoms with van der Waals surface area (Å²) >= 11 is 5.73. The topological polar surface area (TPSA) is 43.1 Å². The second kappa shape index (κ2) is 3.70. The summed E-state index contributed by atoms with van der Waals surface area (Å²) in [6, 6.07) is -2.69. The van der Waals surface area contributed by atoms with Crippen LogP contribution < -0.4 is 5.73 Å². The third kappa shape index (κ3) is 1.84. The summed E-state index contributed by atoms with van der Waals surface area (Å²) in [4.78, 5) is 11.6. The van der Waals surface area contributed by atoms with Crippen LogP contribution in [0.4, 0.5) is 0 Å². The van der Waals surface area contributed by atoms with Gasteiger partial charge in [0.1, 0.15) is 0 Å². The Morgan fingerprint density at radius 3 is 2.83 bits per heavy atom. The third-order valence-corrected chi connectivity index (χ3v) is 1.59. The van der Waals surface area contributed by atoms with Crippen LogP contribution in [-0.2, 0) is 0 Å². The van der Waals surface area contributed by atoms with Gasteiger partial charge in [-0.1, -0.05) is 23.7 Å². The van der Waals surface area contributed by atoms with Crippen LogP contribution >= 0.6 is 11.6 Å². The molecule has 0 saturated carbocycles. The summed E-state index contributed by atoms with van der Waals surface area (Å²) in [6.07, 6.45) is 0. The fourth-order valence-electron chi connectivity index (χ4n) is 0.695. The van der Waals surface area contributed by atoms with Gasteiger partial charge in [0.25, 0.3) is 0 Å². The molecule has 0 radical (unpaired) electrons. The maximum absolute atomic E-state index is 11.6. The number of halogens is 1. The molecular weight excluding hydrogens is 174 g/mol. The molecule has 1 atom stereocenters. The van der Waals surface area contributed by atoms with Gasteiger partial charge in [0.05, 0.1) is 16.5 Å². The zero-order valence-corrected chi connectivity index (χ0v) is 7.20. The molecule has 0 aromatic heterocycles. The van der Waals surface area contributed by atoms with Crippen LogP contribution in [-0.4, -0.2) is 11.8 Å². The van der Waals surface area contributed by atoms with Gasteiger partial charge in [-0.3, -0.25) is 4.79 Å². The van der Waals surface area contributed by atoms with Gasteiger partial charge in [-0.05, 0) is 19.0 Å². The van der Waals surface area contributed by atoms with E-state index in [1.165, 1.54) is 6.92 Å². The number of ketones is 1. The number of hydrogen-bond donors (Lipinski definition) is 1. The van der Waals surface area contributed by atoms with E-state index in [4.69, 9.17) is 22.8 Å². The average molecular weight is 188 g/mol. The lowest BCUT2D eigenvalue weighted by molar-refractivity contribution is 0.0968. The Bertz CT molecular complexity index is 432. The second-order valence-electron chi connectivity index (χ2n) is 2.34. The average Bonchev–Trinajstić information content (AvgIpc) is 2.23. The zero-order chi connectivity index (χ0) is 12.6. The molecule has 3 heteroatoms. The molecule has 1 aromatic carbocycles. The van der Waals surface area contributed by atoms with E-state index in [2.05, 4.69) is 0 Å². The maximum Gasteiger partial charge on any atom is 0.180 e. The Morgan fingerprint density at radius 1 is 1.67 bits per heavy atom. The Hall–Kier alpha value is -0.860. The van der Waals surface area contributed by atoms with E-state index >= 15 is 0 Å². The van der Waals surface area contributed by atoms with E-state index in [-0.39, 0.29) is 10.6 Å². The van der Waals surface area contributed by atoms with Crippen molar-refractivity contribution in [2.75, 3.05) is 0 Å². The number of carbonyl (C=O) groups is 1. The first-order valence-electron chi connectivity index (χ1n) is 5.34. The molecule has 0 aliphatic rings. The van der Waals surface area contributed by atoms with E-state index in [0.29, 0.717) is 0 Å². The monoisotopic (exact) mass is 187 g/mol. The lowest BCUT2D eigenvalue weighted by atomic mass is 10.1. The van der Waals surface area contributed by atoms with E-state index in [9.17, 15) is 4.79 Å². The fraction of sp³-hybridized carbons (Fsp3) is 0.222. The zero-order valence-electron chi connectivity index (χ0n) is 10.4. The number of rotatable bonds is 2. The van der Waals surface area contributed by atoms with Crippen LogP contribution in [0.3, 0.4) is 0 Å².